The normalized spacial score (nSPS) is 14.9. The van der Waals surface area contributed by atoms with Gasteiger partial charge in [0.05, 0.1) is 6.54 Å². The maximum absolute atomic E-state index is 14.4. The third-order valence-electron chi connectivity index (χ3n) is 5.41. The van der Waals surface area contributed by atoms with E-state index >= 15 is 0 Å². The first kappa shape index (κ1) is 18.7. The van der Waals surface area contributed by atoms with E-state index in [0.717, 1.165) is 30.3 Å². The fourth-order valence-electron chi connectivity index (χ4n) is 3.80. The van der Waals surface area contributed by atoms with Crippen LogP contribution in [0.1, 0.15) is 31.2 Å². The van der Waals surface area contributed by atoms with Crippen molar-refractivity contribution in [3.8, 4) is 0 Å². The molecule has 0 radical (unpaired) electrons. The molecule has 0 spiro atoms. The second-order valence-corrected chi connectivity index (χ2v) is 7.63. The number of hydrogen-bond donors (Lipinski definition) is 1. The van der Waals surface area contributed by atoms with E-state index in [-0.39, 0.29) is 34.3 Å². The van der Waals surface area contributed by atoms with Crippen LogP contribution in [0, 0.1) is 5.82 Å². The minimum Gasteiger partial charge on any atom is -0.353 e. The highest BCUT2D eigenvalue weighted by molar-refractivity contribution is 6.31. The Hall–Kier alpha value is -2.61. The summed E-state index contributed by atoms with van der Waals surface area (Å²) in [6, 6.07) is 4.70. The van der Waals surface area contributed by atoms with Gasteiger partial charge in [0.15, 0.2) is 11.2 Å². The van der Waals surface area contributed by atoms with Crippen LogP contribution in [0.2, 0.25) is 5.02 Å². The van der Waals surface area contributed by atoms with Crippen molar-refractivity contribution in [2.75, 3.05) is 5.32 Å². The lowest BCUT2D eigenvalue weighted by Crippen LogP contribution is -2.37. The molecule has 148 valence electrons. The monoisotopic (exact) mass is 405 g/mol. The van der Waals surface area contributed by atoms with Crippen molar-refractivity contribution < 1.29 is 4.39 Å². The molecule has 4 rings (SSSR count). The SMILES string of the molecule is Cn1c(=O)c2c(nc(NC3CCCC3)n2Cc2c(F)cccc2Cl)n(C)c1=O. The van der Waals surface area contributed by atoms with Crippen molar-refractivity contribution in [1.82, 2.24) is 18.7 Å². The van der Waals surface area contributed by atoms with Crippen molar-refractivity contribution in [2.24, 2.45) is 14.1 Å². The maximum Gasteiger partial charge on any atom is 0.332 e. The molecule has 3 aromatic rings. The number of aryl methyl sites for hydroxylation is 1. The Morgan fingerprint density at radius 3 is 2.61 bits per heavy atom. The third-order valence-corrected chi connectivity index (χ3v) is 5.77. The molecule has 0 amide bonds. The molecular weight excluding hydrogens is 385 g/mol. The molecule has 2 heterocycles. The van der Waals surface area contributed by atoms with Gasteiger partial charge in [0.2, 0.25) is 5.95 Å². The standard InChI is InChI=1S/C19H21ClFN5O2/c1-24-16-15(17(27)25(2)19(24)28)26(10-12-13(20)8-5-9-14(12)21)18(23-16)22-11-6-3-4-7-11/h5,8-9,11H,3-4,6-7,10H2,1-2H3,(H,22,23). The van der Waals surface area contributed by atoms with Gasteiger partial charge < -0.3 is 5.32 Å². The minimum atomic E-state index is -0.475. The van der Waals surface area contributed by atoms with Crippen LogP contribution in [0.4, 0.5) is 10.3 Å². The Morgan fingerprint density at radius 1 is 1.21 bits per heavy atom. The lowest BCUT2D eigenvalue weighted by Gasteiger charge is -2.16. The number of nitrogens with one attached hydrogen (secondary N) is 1. The molecule has 0 saturated heterocycles. The van der Waals surface area contributed by atoms with E-state index in [1.165, 1.54) is 23.7 Å². The molecule has 0 bridgehead atoms. The van der Waals surface area contributed by atoms with Crippen LogP contribution < -0.4 is 16.6 Å². The van der Waals surface area contributed by atoms with Gasteiger partial charge in [0.1, 0.15) is 5.82 Å². The quantitative estimate of drug-likeness (QED) is 0.724. The third kappa shape index (κ3) is 3.01. The van der Waals surface area contributed by atoms with Gasteiger partial charge in [-0.3, -0.25) is 18.5 Å². The number of halogens is 2. The lowest BCUT2D eigenvalue weighted by atomic mass is 10.2. The molecule has 0 aliphatic heterocycles. The number of anilines is 1. The van der Waals surface area contributed by atoms with Crippen molar-refractivity contribution >= 4 is 28.7 Å². The molecule has 28 heavy (non-hydrogen) atoms. The number of aromatic nitrogens is 4. The average molecular weight is 406 g/mol. The summed E-state index contributed by atoms with van der Waals surface area (Å²) < 4.78 is 18.4. The van der Waals surface area contributed by atoms with E-state index < -0.39 is 17.1 Å². The van der Waals surface area contributed by atoms with E-state index in [1.54, 1.807) is 17.7 Å². The van der Waals surface area contributed by atoms with Crippen LogP contribution in [0.5, 0.6) is 0 Å². The van der Waals surface area contributed by atoms with Crippen LogP contribution >= 0.6 is 11.6 Å². The Labute approximate surface area is 165 Å². The highest BCUT2D eigenvalue weighted by Gasteiger charge is 2.23. The number of imidazole rings is 1. The fourth-order valence-corrected chi connectivity index (χ4v) is 4.03. The van der Waals surface area contributed by atoms with E-state index in [9.17, 15) is 14.0 Å². The zero-order valence-corrected chi connectivity index (χ0v) is 16.5. The highest BCUT2D eigenvalue weighted by Crippen LogP contribution is 2.27. The topological polar surface area (TPSA) is 73.8 Å². The molecule has 2 aromatic heterocycles. The first-order chi connectivity index (χ1) is 13.4. The molecule has 1 aromatic carbocycles. The van der Waals surface area contributed by atoms with Crippen molar-refractivity contribution in [3.63, 3.8) is 0 Å². The molecule has 9 heteroatoms. The van der Waals surface area contributed by atoms with Crippen LogP contribution in [-0.4, -0.2) is 24.7 Å². The van der Waals surface area contributed by atoms with Crippen molar-refractivity contribution in [2.45, 2.75) is 38.3 Å². The summed E-state index contributed by atoms with van der Waals surface area (Å²) in [6.45, 7) is 0.0322. The second kappa shape index (κ2) is 7.09. The fraction of sp³-hybridized carbons (Fsp3) is 0.421. The maximum atomic E-state index is 14.4. The van der Waals surface area contributed by atoms with Gasteiger partial charge in [0.25, 0.3) is 5.56 Å². The molecule has 0 unspecified atom stereocenters. The summed E-state index contributed by atoms with van der Waals surface area (Å²) in [7, 11) is 2.98. The van der Waals surface area contributed by atoms with Crippen LogP contribution in [0.3, 0.4) is 0 Å². The van der Waals surface area contributed by atoms with E-state index in [4.69, 9.17) is 11.6 Å². The summed E-state index contributed by atoms with van der Waals surface area (Å²) >= 11 is 6.22. The summed E-state index contributed by atoms with van der Waals surface area (Å²) in [5.41, 5.74) is -0.157. The van der Waals surface area contributed by atoms with Gasteiger partial charge in [0, 0.05) is 30.7 Å². The largest absolute Gasteiger partial charge is 0.353 e. The number of nitrogens with zero attached hydrogens (tertiary/aromatic N) is 4. The average Bonchev–Trinajstić information content (AvgIpc) is 3.30. The minimum absolute atomic E-state index is 0.0322. The Morgan fingerprint density at radius 2 is 1.93 bits per heavy atom. The lowest BCUT2D eigenvalue weighted by molar-refractivity contribution is 0.600. The smallest absolute Gasteiger partial charge is 0.332 e. The van der Waals surface area contributed by atoms with E-state index in [2.05, 4.69) is 10.3 Å². The predicted octanol–water partition coefficient (Wildman–Crippen LogP) is 2.63. The number of hydrogen-bond acceptors (Lipinski definition) is 4. The Bertz CT molecular complexity index is 1150. The van der Waals surface area contributed by atoms with Gasteiger partial charge >= 0.3 is 5.69 Å². The van der Waals surface area contributed by atoms with Gasteiger partial charge in [-0.1, -0.05) is 30.5 Å². The van der Waals surface area contributed by atoms with Crippen molar-refractivity contribution in [1.29, 1.82) is 0 Å². The van der Waals surface area contributed by atoms with E-state index in [0.29, 0.717) is 5.95 Å². The van der Waals surface area contributed by atoms with Crippen molar-refractivity contribution in [3.05, 3.63) is 55.4 Å². The van der Waals surface area contributed by atoms with E-state index in [1.807, 2.05) is 0 Å². The Kier molecular flexibility index (Phi) is 4.74. The molecule has 1 fully saturated rings. The number of benzene rings is 1. The number of fused-ring (bicyclic) bond motifs is 1. The van der Waals surface area contributed by atoms with Gasteiger partial charge in [-0.2, -0.15) is 4.98 Å². The molecular formula is C19H21ClFN5O2. The van der Waals surface area contributed by atoms with Gasteiger partial charge in [-0.05, 0) is 25.0 Å². The summed E-state index contributed by atoms with van der Waals surface area (Å²) in [4.78, 5) is 29.7. The molecule has 1 saturated carbocycles. The zero-order chi connectivity index (χ0) is 20.0. The van der Waals surface area contributed by atoms with Crippen LogP contribution in [0.25, 0.3) is 11.2 Å². The summed E-state index contributed by atoms with van der Waals surface area (Å²) in [6.07, 6.45) is 4.25. The van der Waals surface area contributed by atoms with Crippen LogP contribution in [0.15, 0.2) is 27.8 Å². The second-order valence-electron chi connectivity index (χ2n) is 7.23. The molecule has 7 nitrogen and oxygen atoms in total. The molecule has 1 N–H and O–H groups in total. The summed E-state index contributed by atoms with van der Waals surface area (Å²) in [5.74, 6) is -0.0117. The molecule has 0 atom stereocenters. The number of rotatable bonds is 4. The zero-order valence-electron chi connectivity index (χ0n) is 15.7. The molecule has 1 aliphatic rings. The van der Waals surface area contributed by atoms with Crippen LogP contribution in [-0.2, 0) is 20.6 Å². The first-order valence-electron chi connectivity index (χ1n) is 9.24. The highest BCUT2D eigenvalue weighted by atomic mass is 35.5. The van der Waals surface area contributed by atoms with Gasteiger partial charge in [-0.25, -0.2) is 9.18 Å². The molecule has 1 aliphatic carbocycles. The Balaban J connectivity index is 1.95. The van der Waals surface area contributed by atoms with Gasteiger partial charge in [-0.15, -0.1) is 0 Å². The summed E-state index contributed by atoms with van der Waals surface area (Å²) in [5, 5.41) is 3.65. The first-order valence-corrected chi connectivity index (χ1v) is 9.62. The predicted molar refractivity (Wildman–Crippen MR) is 107 cm³/mol.